The summed E-state index contributed by atoms with van der Waals surface area (Å²) in [6.45, 7) is 6.98. The number of allylic oxidation sites excluding steroid dienone is 2. The van der Waals surface area contributed by atoms with Gasteiger partial charge < -0.3 is 0 Å². The van der Waals surface area contributed by atoms with Crippen LogP contribution in [0.2, 0.25) is 0 Å². The van der Waals surface area contributed by atoms with Gasteiger partial charge in [-0.3, -0.25) is 0 Å². The van der Waals surface area contributed by atoms with Crippen LogP contribution < -0.4 is 0 Å². The molecule has 0 amide bonds. The van der Waals surface area contributed by atoms with Gasteiger partial charge in [-0.2, -0.15) is 0 Å². The summed E-state index contributed by atoms with van der Waals surface area (Å²) in [5.41, 5.74) is 0. The number of rotatable bonds is 9. The van der Waals surface area contributed by atoms with Crippen LogP contribution in [-0.2, 0) is 0 Å². The highest BCUT2D eigenvalue weighted by Crippen LogP contribution is 2.42. The Balaban J connectivity index is 2.09. The molecule has 3 atom stereocenters. The highest BCUT2D eigenvalue weighted by Gasteiger charge is 2.30. The highest BCUT2D eigenvalue weighted by molar-refractivity contribution is 4.84. The fraction of sp³-hybridized carbons (Fsp3) is 0.882. The van der Waals surface area contributed by atoms with Crippen LogP contribution in [0.5, 0.6) is 0 Å². The van der Waals surface area contributed by atoms with Crippen molar-refractivity contribution in [3.63, 3.8) is 0 Å². The third kappa shape index (κ3) is 5.75. The molecule has 0 N–H and O–H groups in total. The number of hydrogen-bond donors (Lipinski definition) is 0. The van der Waals surface area contributed by atoms with E-state index in [2.05, 4.69) is 32.9 Å². The molecule has 0 aromatic rings. The molecule has 0 saturated heterocycles. The van der Waals surface area contributed by atoms with Crippen molar-refractivity contribution in [2.24, 2.45) is 17.8 Å². The van der Waals surface area contributed by atoms with Crippen molar-refractivity contribution in [3.05, 3.63) is 12.2 Å². The van der Waals surface area contributed by atoms with Gasteiger partial charge in [0, 0.05) is 0 Å². The van der Waals surface area contributed by atoms with E-state index in [1.165, 1.54) is 57.8 Å². The minimum Gasteiger partial charge on any atom is -0.0888 e. The second kappa shape index (κ2) is 8.78. The summed E-state index contributed by atoms with van der Waals surface area (Å²) in [6.07, 6.45) is 17.4. The molecule has 0 spiro atoms. The molecular formula is C17H32. The molecule has 0 radical (unpaired) electrons. The largest absolute Gasteiger partial charge is 0.0888 e. The Labute approximate surface area is 109 Å². The summed E-state index contributed by atoms with van der Waals surface area (Å²) in [4.78, 5) is 0. The summed E-state index contributed by atoms with van der Waals surface area (Å²) in [5.74, 6) is 3.10. The van der Waals surface area contributed by atoms with Crippen molar-refractivity contribution in [1.82, 2.24) is 0 Å². The van der Waals surface area contributed by atoms with Gasteiger partial charge in [-0.15, -0.1) is 0 Å². The van der Waals surface area contributed by atoms with Gasteiger partial charge in [-0.05, 0) is 56.3 Å². The third-order valence-corrected chi connectivity index (χ3v) is 4.44. The molecule has 1 fully saturated rings. The predicted molar refractivity (Wildman–Crippen MR) is 78.2 cm³/mol. The Morgan fingerprint density at radius 2 is 1.88 bits per heavy atom. The van der Waals surface area contributed by atoms with E-state index in [1.54, 1.807) is 0 Å². The van der Waals surface area contributed by atoms with Crippen LogP contribution in [0, 0.1) is 17.8 Å². The Bertz CT molecular complexity index is 204. The lowest BCUT2D eigenvalue weighted by Gasteiger charge is -2.38. The van der Waals surface area contributed by atoms with Gasteiger partial charge >= 0.3 is 0 Å². The Kier molecular flexibility index (Phi) is 7.64. The lowest BCUT2D eigenvalue weighted by molar-refractivity contribution is 0.129. The van der Waals surface area contributed by atoms with E-state index in [0.717, 1.165) is 17.8 Å². The number of hydrogen-bond acceptors (Lipinski definition) is 0. The monoisotopic (exact) mass is 236 g/mol. The van der Waals surface area contributed by atoms with Crippen LogP contribution >= 0.6 is 0 Å². The highest BCUT2D eigenvalue weighted by atomic mass is 14.4. The molecule has 1 aliphatic carbocycles. The normalized spacial score (nSPS) is 26.1. The van der Waals surface area contributed by atoms with Crippen molar-refractivity contribution in [3.8, 4) is 0 Å². The van der Waals surface area contributed by atoms with E-state index in [0.29, 0.717) is 0 Å². The average molecular weight is 236 g/mol. The van der Waals surface area contributed by atoms with Gasteiger partial charge in [0.2, 0.25) is 0 Å². The van der Waals surface area contributed by atoms with Crippen molar-refractivity contribution >= 4 is 0 Å². The summed E-state index contributed by atoms with van der Waals surface area (Å²) < 4.78 is 0. The van der Waals surface area contributed by atoms with Crippen LogP contribution in [0.3, 0.4) is 0 Å². The van der Waals surface area contributed by atoms with Crippen LogP contribution in [0.4, 0.5) is 0 Å². The van der Waals surface area contributed by atoms with Crippen LogP contribution in [-0.4, -0.2) is 0 Å². The fourth-order valence-electron chi connectivity index (χ4n) is 3.09. The first kappa shape index (κ1) is 14.8. The Morgan fingerprint density at radius 3 is 2.47 bits per heavy atom. The molecule has 1 saturated carbocycles. The second-order valence-electron chi connectivity index (χ2n) is 6.04. The molecule has 3 unspecified atom stereocenters. The molecule has 1 aliphatic rings. The molecule has 0 aromatic carbocycles. The summed E-state index contributed by atoms with van der Waals surface area (Å²) in [5, 5.41) is 0. The van der Waals surface area contributed by atoms with E-state index in [9.17, 15) is 0 Å². The molecule has 1 rings (SSSR count). The second-order valence-corrected chi connectivity index (χ2v) is 6.04. The van der Waals surface area contributed by atoms with E-state index >= 15 is 0 Å². The van der Waals surface area contributed by atoms with Gasteiger partial charge in [0.25, 0.3) is 0 Å². The quantitative estimate of drug-likeness (QED) is 0.432. The summed E-state index contributed by atoms with van der Waals surface area (Å²) >= 11 is 0. The summed E-state index contributed by atoms with van der Waals surface area (Å²) in [6, 6.07) is 0. The van der Waals surface area contributed by atoms with Gasteiger partial charge in [0.05, 0.1) is 0 Å². The maximum absolute atomic E-state index is 2.45. The van der Waals surface area contributed by atoms with Gasteiger partial charge in [-0.1, -0.05) is 52.2 Å². The maximum atomic E-state index is 2.45. The fourth-order valence-corrected chi connectivity index (χ4v) is 3.09. The molecule has 0 heterocycles. The van der Waals surface area contributed by atoms with E-state index in [4.69, 9.17) is 0 Å². The average Bonchev–Trinajstić information content (AvgIpc) is 2.31. The van der Waals surface area contributed by atoms with Crippen molar-refractivity contribution in [1.29, 1.82) is 0 Å². The van der Waals surface area contributed by atoms with Gasteiger partial charge in [0.1, 0.15) is 0 Å². The smallest absolute Gasteiger partial charge is 0.0348 e. The first-order chi connectivity index (χ1) is 8.27. The van der Waals surface area contributed by atoms with Crippen LogP contribution in [0.1, 0.15) is 78.6 Å². The Morgan fingerprint density at radius 1 is 1.12 bits per heavy atom. The zero-order chi connectivity index (χ0) is 12.5. The first-order valence-corrected chi connectivity index (χ1v) is 7.92. The topological polar surface area (TPSA) is 0 Å². The van der Waals surface area contributed by atoms with Crippen molar-refractivity contribution < 1.29 is 0 Å². The molecule has 0 heteroatoms. The SMILES string of the molecule is CCC=CCCC(C)CC1CCC1CCCC. The minimum atomic E-state index is 0.936. The molecule has 100 valence electrons. The van der Waals surface area contributed by atoms with E-state index in [-0.39, 0.29) is 0 Å². The standard InChI is InChI=1S/C17H32/c1-4-6-8-9-10-15(3)14-17-13-12-16(17)11-7-5-2/h6,8,15-17H,4-5,7,9-14H2,1-3H3. The van der Waals surface area contributed by atoms with Crippen LogP contribution in [0.15, 0.2) is 12.2 Å². The minimum absolute atomic E-state index is 0.936. The molecule has 0 nitrogen and oxygen atoms in total. The molecule has 17 heavy (non-hydrogen) atoms. The lowest BCUT2D eigenvalue weighted by atomic mass is 9.67. The summed E-state index contributed by atoms with van der Waals surface area (Å²) in [7, 11) is 0. The van der Waals surface area contributed by atoms with E-state index < -0.39 is 0 Å². The lowest BCUT2D eigenvalue weighted by Crippen LogP contribution is -2.27. The predicted octanol–water partition coefficient (Wildman–Crippen LogP) is 5.98. The molecular weight excluding hydrogens is 204 g/mol. The Hall–Kier alpha value is -0.260. The zero-order valence-corrected chi connectivity index (χ0v) is 12.3. The van der Waals surface area contributed by atoms with Crippen molar-refractivity contribution in [2.75, 3.05) is 0 Å². The van der Waals surface area contributed by atoms with Crippen molar-refractivity contribution in [2.45, 2.75) is 78.6 Å². The van der Waals surface area contributed by atoms with E-state index in [1.807, 2.05) is 0 Å². The molecule has 0 aromatic heterocycles. The zero-order valence-electron chi connectivity index (χ0n) is 12.3. The third-order valence-electron chi connectivity index (χ3n) is 4.44. The van der Waals surface area contributed by atoms with Gasteiger partial charge in [-0.25, -0.2) is 0 Å². The van der Waals surface area contributed by atoms with Crippen LogP contribution in [0.25, 0.3) is 0 Å². The number of unbranched alkanes of at least 4 members (excludes halogenated alkanes) is 1. The molecule has 0 bridgehead atoms. The van der Waals surface area contributed by atoms with Gasteiger partial charge in [0.15, 0.2) is 0 Å². The first-order valence-electron chi connectivity index (χ1n) is 7.92. The maximum Gasteiger partial charge on any atom is -0.0348 e. The molecule has 0 aliphatic heterocycles.